The maximum Gasteiger partial charge on any atom is 0.379 e. The van der Waals surface area contributed by atoms with E-state index in [0.717, 1.165) is 12.7 Å². The average molecular weight is 295 g/mol. The van der Waals surface area contributed by atoms with Gasteiger partial charge in [0.25, 0.3) is 0 Å². The number of benzene rings is 1. The number of carbonyl (C=O) groups is 3. The second-order valence-corrected chi connectivity index (χ2v) is 4.26. The molecule has 0 radical (unpaired) electrons. The van der Waals surface area contributed by atoms with Crippen LogP contribution >= 0.6 is 0 Å². The molecule has 0 aliphatic heterocycles. The fourth-order valence-electron chi connectivity index (χ4n) is 1.79. The first kappa shape index (κ1) is 16.6. The normalized spacial score (nSPS) is 11.5. The zero-order valence-electron chi connectivity index (χ0n) is 11.6. The van der Waals surface area contributed by atoms with E-state index in [2.05, 4.69) is 9.78 Å². The van der Waals surface area contributed by atoms with Crippen molar-refractivity contribution in [2.24, 2.45) is 5.73 Å². The molecule has 114 valence electrons. The standard InChI is InChI=1S/C14H17NO6/c1-19-21-14(18)9-20-13(17)8-11(7-12(15)16)10-5-3-2-4-6-10/h2-6,11H,7-9H2,1H3,(H2,15,16). The van der Waals surface area contributed by atoms with E-state index in [9.17, 15) is 14.4 Å². The predicted molar refractivity (Wildman–Crippen MR) is 71.7 cm³/mol. The molecule has 0 spiro atoms. The van der Waals surface area contributed by atoms with Crippen molar-refractivity contribution >= 4 is 17.8 Å². The van der Waals surface area contributed by atoms with Gasteiger partial charge in [0.2, 0.25) is 5.91 Å². The second-order valence-electron chi connectivity index (χ2n) is 4.26. The van der Waals surface area contributed by atoms with Crippen LogP contribution in [0.5, 0.6) is 0 Å². The van der Waals surface area contributed by atoms with Crippen LogP contribution in [0.25, 0.3) is 0 Å². The molecule has 7 nitrogen and oxygen atoms in total. The quantitative estimate of drug-likeness (QED) is 0.429. The van der Waals surface area contributed by atoms with Crippen molar-refractivity contribution in [1.29, 1.82) is 0 Å². The molecule has 7 heteroatoms. The fourth-order valence-corrected chi connectivity index (χ4v) is 1.79. The van der Waals surface area contributed by atoms with E-state index in [1.807, 2.05) is 6.07 Å². The molecule has 0 saturated heterocycles. The van der Waals surface area contributed by atoms with Crippen molar-refractivity contribution in [3.63, 3.8) is 0 Å². The van der Waals surface area contributed by atoms with Gasteiger partial charge in [-0.2, -0.15) is 4.89 Å². The summed E-state index contributed by atoms with van der Waals surface area (Å²) in [5.74, 6) is -2.36. The lowest BCUT2D eigenvalue weighted by atomic mass is 9.92. The van der Waals surface area contributed by atoms with Gasteiger partial charge in [0, 0.05) is 12.3 Å². The van der Waals surface area contributed by atoms with E-state index in [1.165, 1.54) is 0 Å². The molecule has 1 atom stereocenters. The summed E-state index contributed by atoms with van der Waals surface area (Å²) in [6.45, 7) is -0.551. The Labute approximate surface area is 121 Å². The van der Waals surface area contributed by atoms with E-state index in [0.29, 0.717) is 0 Å². The molecule has 0 aliphatic rings. The summed E-state index contributed by atoms with van der Waals surface area (Å²) in [6, 6.07) is 9.00. The van der Waals surface area contributed by atoms with Crippen LogP contribution in [-0.4, -0.2) is 31.6 Å². The van der Waals surface area contributed by atoms with Crippen LogP contribution in [0.2, 0.25) is 0 Å². The highest BCUT2D eigenvalue weighted by Gasteiger charge is 2.20. The van der Waals surface area contributed by atoms with E-state index in [-0.39, 0.29) is 12.8 Å². The largest absolute Gasteiger partial charge is 0.454 e. The number of rotatable bonds is 8. The first-order valence-corrected chi connectivity index (χ1v) is 6.25. The molecular weight excluding hydrogens is 278 g/mol. The van der Waals surface area contributed by atoms with Gasteiger partial charge in [-0.3, -0.25) is 14.5 Å². The van der Waals surface area contributed by atoms with Crippen molar-refractivity contribution in [1.82, 2.24) is 0 Å². The summed E-state index contributed by atoms with van der Waals surface area (Å²) in [4.78, 5) is 42.1. The molecule has 1 amide bonds. The number of nitrogens with two attached hydrogens (primary N) is 1. The van der Waals surface area contributed by atoms with Gasteiger partial charge in [-0.15, -0.1) is 0 Å². The summed E-state index contributed by atoms with van der Waals surface area (Å²) in [5.41, 5.74) is 5.99. The number of ether oxygens (including phenoxy) is 1. The number of amides is 1. The summed E-state index contributed by atoms with van der Waals surface area (Å²) in [7, 11) is 1.16. The Morgan fingerprint density at radius 1 is 1.10 bits per heavy atom. The molecule has 1 unspecified atom stereocenters. The molecular formula is C14H17NO6. The maximum absolute atomic E-state index is 11.7. The lowest BCUT2D eigenvalue weighted by Crippen LogP contribution is -2.21. The van der Waals surface area contributed by atoms with Crippen molar-refractivity contribution in [3.05, 3.63) is 35.9 Å². The Morgan fingerprint density at radius 3 is 2.33 bits per heavy atom. The van der Waals surface area contributed by atoms with E-state index in [4.69, 9.17) is 10.5 Å². The predicted octanol–water partition coefficient (Wildman–Crippen LogP) is 0.683. The molecule has 1 aromatic rings. The highest BCUT2D eigenvalue weighted by molar-refractivity contribution is 5.79. The SMILES string of the molecule is COOC(=O)COC(=O)CC(CC(N)=O)c1ccccc1. The van der Waals surface area contributed by atoms with Crippen LogP contribution in [0.4, 0.5) is 0 Å². The average Bonchev–Trinajstić information content (AvgIpc) is 2.45. The summed E-state index contributed by atoms with van der Waals surface area (Å²) >= 11 is 0. The molecule has 0 aromatic heterocycles. The van der Waals surface area contributed by atoms with Crippen molar-refractivity contribution in [3.8, 4) is 0 Å². The second kappa shape index (κ2) is 8.70. The summed E-state index contributed by atoms with van der Waals surface area (Å²) < 4.78 is 4.74. The van der Waals surface area contributed by atoms with Gasteiger partial charge in [0.15, 0.2) is 6.61 Å². The van der Waals surface area contributed by atoms with Crippen LogP contribution in [0, 0.1) is 0 Å². The Kier molecular flexibility index (Phi) is 6.90. The first-order chi connectivity index (χ1) is 10.0. The summed E-state index contributed by atoms with van der Waals surface area (Å²) in [6.07, 6.45) is -0.0468. The van der Waals surface area contributed by atoms with Crippen molar-refractivity contribution < 1.29 is 28.9 Å². The van der Waals surface area contributed by atoms with Gasteiger partial charge in [0.05, 0.1) is 13.5 Å². The lowest BCUT2D eigenvalue weighted by Gasteiger charge is -2.14. The van der Waals surface area contributed by atoms with Crippen molar-refractivity contribution in [2.45, 2.75) is 18.8 Å². The molecule has 1 rings (SSSR count). The third-order valence-electron chi connectivity index (χ3n) is 2.66. The van der Waals surface area contributed by atoms with Crippen LogP contribution in [-0.2, 0) is 28.9 Å². The van der Waals surface area contributed by atoms with Gasteiger partial charge in [-0.25, -0.2) is 4.79 Å². The minimum atomic E-state index is -0.822. The van der Waals surface area contributed by atoms with Gasteiger partial charge in [-0.1, -0.05) is 30.3 Å². The lowest BCUT2D eigenvalue weighted by molar-refractivity contribution is -0.257. The number of carbonyl (C=O) groups excluding carboxylic acids is 3. The monoisotopic (exact) mass is 295 g/mol. The van der Waals surface area contributed by atoms with Gasteiger partial charge >= 0.3 is 11.9 Å². The summed E-state index contributed by atoms with van der Waals surface area (Å²) in [5, 5.41) is 0. The molecule has 2 N–H and O–H groups in total. The molecule has 0 fully saturated rings. The number of hydrogen-bond donors (Lipinski definition) is 1. The van der Waals surface area contributed by atoms with Gasteiger partial charge < -0.3 is 10.5 Å². The molecule has 0 aliphatic carbocycles. The molecule has 0 bridgehead atoms. The smallest absolute Gasteiger partial charge is 0.379 e. The highest BCUT2D eigenvalue weighted by Crippen LogP contribution is 2.23. The third kappa shape index (κ3) is 6.53. The number of primary amides is 1. The topological polar surface area (TPSA) is 105 Å². The zero-order valence-corrected chi connectivity index (χ0v) is 11.6. The van der Waals surface area contributed by atoms with E-state index >= 15 is 0 Å². The molecule has 1 aromatic carbocycles. The van der Waals surface area contributed by atoms with Gasteiger partial charge in [-0.05, 0) is 5.56 Å². The van der Waals surface area contributed by atoms with E-state index in [1.54, 1.807) is 24.3 Å². The van der Waals surface area contributed by atoms with E-state index < -0.39 is 30.4 Å². The van der Waals surface area contributed by atoms with Crippen LogP contribution in [0.3, 0.4) is 0 Å². The molecule has 0 heterocycles. The molecule has 0 saturated carbocycles. The Hall–Kier alpha value is -2.41. The number of esters is 1. The van der Waals surface area contributed by atoms with Gasteiger partial charge in [0.1, 0.15) is 0 Å². The Morgan fingerprint density at radius 2 is 1.76 bits per heavy atom. The Bertz CT molecular complexity index is 487. The maximum atomic E-state index is 11.7. The van der Waals surface area contributed by atoms with Crippen molar-refractivity contribution in [2.75, 3.05) is 13.7 Å². The third-order valence-corrected chi connectivity index (χ3v) is 2.66. The number of hydrogen-bond acceptors (Lipinski definition) is 6. The van der Waals surface area contributed by atoms with Crippen LogP contribution in [0.1, 0.15) is 24.3 Å². The van der Waals surface area contributed by atoms with Crippen LogP contribution < -0.4 is 5.73 Å². The minimum absolute atomic E-state index is 0.0155. The fraction of sp³-hybridized carbons (Fsp3) is 0.357. The first-order valence-electron chi connectivity index (χ1n) is 6.25. The molecule has 21 heavy (non-hydrogen) atoms. The Balaban J connectivity index is 2.58. The highest BCUT2D eigenvalue weighted by atomic mass is 17.2. The van der Waals surface area contributed by atoms with Crippen LogP contribution in [0.15, 0.2) is 30.3 Å². The minimum Gasteiger partial charge on any atom is -0.454 e. The zero-order chi connectivity index (χ0) is 15.7.